The normalized spacial score (nSPS) is 11.8. The van der Waals surface area contributed by atoms with E-state index < -0.39 is 6.09 Å². The summed E-state index contributed by atoms with van der Waals surface area (Å²) < 4.78 is -0.218. The summed E-state index contributed by atoms with van der Waals surface area (Å²) >= 11 is 0. The average Bonchev–Trinajstić information content (AvgIpc) is 2.49. The van der Waals surface area contributed by atoms with Crippen LogP contribution in [0.3, 0.4) is 0 Å². The molecule has 0 atom stereocenters. The predicted octanol–water partition coefficient (Wildman–Crippen LogP) is 3.39. The Hall–Kier alpha value is -0.650. The van der Waals surface area contributed by atoms with Crippen LogP contribution in [0, 0.1) is 0 Å². The van der Waals surface area contributed by atoms with E-state index in [9.17, 15) is 9.90 Å². The number of amides is 1. The molecule has 5 nitrogen and oxygen atoms in total. The van der Waals surface area contributed by atoms with Crippen molar-refractivity contribution in [3.05, 3.63) is 0 Å². The second-order valence-electron chi connectivity index (χ2n) is 6.23. The Labute approximate surface area is 135 Å². The van der Waals surface area contributed by atoms with Crippen molar-refractivity contribution in [2.75, 3.05) is 32.8 Å². The zero-order valence-corrected chi connectivity index (χ0v) is 14.3. The minimum absolute atomic E-state index is 0.163. The van der Waals surface area contributed by atoms with E-state index in [1.54, 1.807) is 0 Å². The first kappa shape index (κ1) is 21.4. The first-order valence-electron chi connectivity index (χ1n) is 8.94. The summed E-state index contributed by atoms with van der Waals surface area (Å²) in [5.41, 5.74) is 0. The fourth-order valence-electron chi connectivity index (χ4n) is 2.91. The molecule has 0 saturated carbocycles. The van der Waals surface area contributed by atoms with Crippen LogP contribution in [0.2, 0.25) is 0 Å². The van der Waals surface area contributed by atoms with Crippen LogP contribution in [-0.2, 0) is 0 Å². The standard InChI is InChI=1S/C17H35NO4/c1-2-3-4-5-6-7-8-9-10-11-12-18(13-15-19,14-16-20)17(21)22/h19-20H,2-16H2,1H3/p+1. The molecule has 0 aliphatic rings. The lowest BCUT2D eigenvalue weighted by Gasteiger charge is -2.31. The number of unbranched alkanes of at least 4 members (excludes halogenated alkanes) is 9. The van der Waals surface area contributed by atoms with Crippen molar-refractivity contribution in [3.63, 3.8) is 0 Å². The van der Waals surface area contributed by atoms with Gasteiger partial charge in [0.15, 0.2) is 0 Å². The molecule has 0 radical (unpaired) electrons. The van der Waals surface area contributed by atoms with Crippen molar-refractivity contribution in [1.82, 2.24) is 0 Å². The molecule has 0 fully saturated rings. The van der Waals surface area contributed by atoms with E-state index in [-0.39, 0.29) is 30.8 Å². The Morgan fingerprint density at radius 3 is 1.50 bits per heavy atom. The second-order valence-corrected chi connectivity index (χ2v) is 6.23. The molecule has 0 rings (SSSR count). The number of hydrogen-bond donors (Lipinski definition) is 3. The summed E-state index contributed by atoms with van der Waals surface area (Å²) in [5, 5.41) is 27.5. The fraction of sp³-hybridized carbons (Fsp3) is 0.941. The molecule has 0 heterocycles. The molecule has 0 aromatic heterocycles. The Balaban J connectivity index is 3.78. The van der Waals surface area contributed by atoms with E-state index in [1.165, 1.54) is 44.9 Å². The highest BCUT2D eigenvalue weighted by atomic mass is 16.4. The molecule has 0 aromatic carbocycles. The SMILES string of the molecule is CCCCCCCCCCCC[N+](CCO)(CCO)C(=O)O. The van der Waals surface area contributed by atoms with Gasteiger partial charge < -0.3 is 15.3 Å². The maximum Gasteiger partial charge on any atom is 0.513 e. The third-order valence-corrected chi connectivity index (χ3v) is 4.40. The fourth-order valence-corrected chi connectivity index (χ4v) is 2.91. The Bertz CT molecular complexity index is 265. The molecule has 0 saturated heterocycles. The van der Waals surface area contributed by atoms with Gasteiger partial charge in [-0.1, -0.05) is 58.3 Å². The van der Waals surface area contributed by atoms with Gasteiger partial charge in [0.05, 0.1) is 19.8 Å². The summed E-state index contributed by atoms with van der Waals surface area (Å²) in [4.78, 5) is 11.4. The smallest absolute Gasteiger partial charge is 0.435 e. The molecule has 0 bridgehead atoms. The van der Waals surface area contributed by atoms with E-state index in [2.05, 4.69) is 6.92 Å². The van der Waals surface area contributed by atoms with Crippen LogP contribution < -0.4 is 0 Å². The quantitative estimate of drug-likeness (QED) is 0.319. The average molecular weight is 318 g/mol. The maximum absolute atomic E-state index is 11.4. The van der Waals surface area contributed by atoms with Gasteiger partial charge >= 0.3 is 6.09 Å². The van der Waals surface area contributed by atoms with Gasteiger partial charge in [-0.05, 0) is 12.8 Å². The van der Waals surface area contributed by atoms with Crippen LogP contribution in [0.25, 0.3) is 0 Å². The molecule has 132 valence electrons. The lowest BCUT2D eigenvalue weighted by atomic mass is 10.1. The van der Waals surface area contributed by atoms with Gasteiger partial charge in [0.2, 0.25) is 0 Å². The lowest BCUT2D eigenvalue weighted by Crippen LogP contribution is -2.55. The first-order valence-corrected chi connectivity index (χ1v) is 8.94. The van der Waals surface area contributed by atoms with E-state index in [1.807, 2.05) is 0 Å². The summed E-state index contributed by atoms with van der Waals surface area (Å²) in [6.45, 7) is 2.74. The van der Waals surface area contributed by atoms with Crippen molar-refractivity contribution < 1.29 is 24.6 Å². The minimum Gasteiger partial charge on any atom is -0.435 e. The van der Waals surface area contributed by atoms with E-state index >= 15 is 0 Å². The van der Waals surface area contributed by atoms with Gasteiger partial charge in [0.25, 0.3) is 0 Å². The minimum atomic E-state index is -0.945. The molecule has 22 heavy (non-hydrogen) atoms. The molecular weight excluding hydrogens is 282 g/mol. The number of carbonyl (C=O) groups is 1. The number of hydrogen-bond acceptors (Lipinski definition) is 3. The predicted molar refractivity (Wildman–Crippen MR) is 88.9 cm³/mol. The maximum atomic E-state index is 11.4. The van der Waals surface area contributed by atoms with Gasteiger partial charge in [-0.15, -0.1) is 0 Å². The molecule has 0 aliphatic carbocycles. The molecule has 3 N–H and O–H groups in total. The number of quaternary nitrogens is 1. The monoisotopic (exact) mass is 318 g/mol. The van der Waals surface area contributed by atoms with Crippen LogP contribution in [0.4, 0.5) is 4.79 Å². The Kier molecular flexibility index (Phi) is 13.6. The van der Waals surface area contributed by atoms with Gasteiger partial charge in [-0.25, -0.2) is 4.48 Å². The molecule has 0 spiro atoms. The molecule has 0 aliphatic heterocycles. The molecular formula is C17H36NO4+. The third kappa shape index (κ3) is 9.38. The highest BCUT2D eigenvalue weighted by Gasteiger charge is 2.35. The van der Waals surface area contributed by atoms with Crippen molar-refractivity contribution in [1.29, 1.82) is 0 Å². The first-order chi connectivity index (χ1) is 10.6. The van der Waals surface area contributed by atoms with Crippen molar-refractivity contribution >= 4 is 6.09 Å². The van der Waals surface area contributed by atoms with E-state index in [0.717, 1.165) is 19.3 Å². The summed E-state index contributed by atoms with van der Waals surface area (Å²) in [6, 6.07) is 0. The molecule has 5 heteroatoms. The van der Waals surface area contributed by atoms with Gasteiger partial charge in [0.1, 0.15) is 13.1 Å². The van der Waals surface area contributed by atoms with Gasteiger partial charge in [-0.2, -0.15) is 4.79 Å². The largest absolute Gasteiger partial charge is 0.513 e. The molecule has 1 amide bonds. The van der Waals surface area contributed by atoms with E-state index in [4.69, 9.17) is 10.2 Å². The zero-order chi connectivity index (χ0) is 16.7. The number of carboxylic acid groups (broad SMARTS) is 1. The van der Waals surface area contributed by atoms with Gasteiger partial charge in [0, 0.05) is 0 Å². The van der Waals surface area contributed by atoms with Crippen LogP contribution in [0.15, 0.2) is 0 Å². The van der Waals surface area contributed by atoms with E-state index in [0.29, 0.717) is 6.54 Å². The molecule has 0 aromatic rings. The number of aliphatic hydroxyl groups excluding tert-OH is 2. The number of aliphatic hydroxyl groups is 2. The Morgan fingerprint density at radius 2 is 1.14 bits per heavy atom. The van der Waals surface area contributed by atoms with Crippen LogP contribution >= 0.6 is 0 Å². The van der Waals surface area contributed by atoms with Crippen LogP contribution in [0.5, 0.6) is 0 Å². The molecule has 0 unspecified atom stereocenters. The topological polar surface area (TPSA) is 77.8 Å². The number of nitrogens with zero attached hydrogens (tertiary/aromatic N) is 1. The third-order valence-electron chi connectivity index (χ3n) is 4.40. The highest BCUT2D eigenvalue weighted by molar-refractivity contribution is 5.56. The lowest BCUT2D eigenvalue weighted by molar-refractivity contribution is -0.858. The van der Waals surface area contributed by atoms with Crippen LogP contribution in [-0.4, -0.2) is 58.7 Å². The van der Waals surface area contributed by atoms with Crippen molar-refractivity contribution in [2.45, 2.75) is 71.1 Å². The zero-order valence-electron chi connectivity index (χ0n) is 14.3. The Morgan fingerprint density at radius 1 is 0.727 bits per heavy atom. The summed E-state index contributed by atoms with van der Waals surface area (Å²) in [5.74, 6) is 0. The summed E-state index contributed by atoms with van der Waals surface area (Å²) in [6.07, 6.45) is 11.2. The van der Waals surface area contributed by atoms with Crippen LogP contribution in [0.1, 0.15) is 71.1 Å². The van der Waals surface area contributed by atoms with Crippen molar-refractivity contribution in [2.24, 2.45) is 0 Å². The van der Waals surface area contributed by atoms with Crippen molar-refractivity contribution in [3.8, 4) is 0 Å². The summed E-state index contributed by atoms with van der Waals surface area (Å²) in [7, 11) is 0. The number of rotatable bonds is 15. The second kappa shape index (κ2) is 14.0. The highest BCUT2D eigenvalue weighted by Crippen LogP contribution is 2.14. The van der Waals surface area contributed by atoms with Gasteiger partial charge in [-0.3, -0.25) is 0 Å².